The van der Waals surface area contributed by atoms with Gasteiger partial charge < -0.3 is 15.2 Å². The van der Waals surface area contributed by atoms with Crippen LogP contribution in [0.4, 0.5) is 5.69 Å². The molecule has 0 unspecified atom stereocenters. The second-order valence-electron chi connectivity index (χ2n) is 4.68. The fourth-order valence-corrected chi connectivity index (χ4v) is 2.25. The summed E-state index contributed by atoms with van der Waals surface area (Å²) in [5.74, 6) is -0.961. The molecule has 1 aromatic carbocycles. The summed E-state index contributed by atoms with van der Waals surface area (Å²) in [6.07, 6.45) is 3.00. The quantitative estimate of drug-likeness (QED) is 0.892. The summed E-state index contributed by atoms with van der Waals surface area (Å²) in [7, 11) is 0. The second kappa shape index (κ2) is 5.30. The number of hydrogen-bond donors (Lipinski definition) is 2. The molecule has 1 aliphatic rings. The lowest BCUT2D eigenvalue weighted by Gasteiger charge is -2.09. The van der Waals surface area contributed by atoms with Crippen LogP contribution in [-0.2, 0) is 24.5 Å². The van der Waals surface area contributed by atoms with Crippen molar-refractivity contribution >= 4 is 11.7 Å². The molecule has 2 aromatic rings. The summed E-state index contributed by atoms with van der Waals surface area (Å²) >= 11 is 0. The van der Waals surface area contributed by atoms with Crippen LogP contribution in [0.1, 0.15) is 27.0 Å². The van der Waals surface area contributed by atoms with Crippen LogP contribution in [-0.4, -0.2) is 16.1 Å². The number of fused-ring (bicyclic) bond motifs is 1. The molecule has 0 bridgehead atoms. The van der Waals surface area contributed by atoms with Crippen LogP contribution in [0.15, 0.2) is 36.7 Å². The largest absolute Gasteiger partial charge is 0.478 e. The Balaban J connectivity index is 1.75. The first-order valence-corrected chi connectivity index (χ1v) is 6.33. The zero-order chi connectivity index (χ0) is 13.9. The van der Waals surface area contributed by atoms with Crippen molar-refractivity contribution in [1.82, 2.24) is 4.98 Å². The fourth-order valence-electron chi connectivity index (χ4n) is 2.25. The van der Waals surface area contributed by atoms with Crippen molar-refractivity contribution in [2.75, 3.05) is 5.32 Å². The predicted molar refractivity (Wildman–Crippen MR) is 73.5 cm³/mol. The van der Waals surface area contributed by atoms with Gasteiger partial charge in [0.25, 0.3) is 0 Å². The van der Waals surface area contributed by atoms with E-state index in [2.05, 4.69) is 22.4 Å². The lowest BCUT2D eigenvalue weighted by molar-refractivity contribution is 0.0698. The maximum Gasteiger partial charge on any atom is 0.337 e. The summed E-state index contributed by atoms with van der Waals surface area (Å²) in [6, 6.07) is 7.66. The Morgan fingerprint density at radius 1 is 1.30 bits per heavy atom. The molecule has 0 fully saturated rings. The monoisotopic (exact) mass is 270 g/mol. The SMILES string of the molecule is O=C(O)c1ccncc1NCc1ccc2c(c1)COC2. The Bertz CT molecular complexity index is 655. The maximum atomic E-state index is 11.1. The number of ether oxygens (including phenoxy) is 1. The first-order chi connectivity index (χ1) is 9.74. The minimum atomic E-state index is -0.961. The third-order valence-corrected chi connectivity index (χ3v) is 3.32. The average molecular weight is 270 g/mol. The lowest BCUT2D eigenvalue weighted by Crippen LogP contribution is -2.07. The van der Waals surface area contributed by atoms with Gasteiger partial charge in [-0.05, 0) is 22.8 Å². The van der Waals surface area contributed by atoms with Crippen molar-refractivity contribution in [3.8, 4) is 0 Å². The number of carboxylic acids is 1. The molecule has 20 heavy (non-hydrogen) atoms. The summed E-state index contributed by atoms with van der Waals surface area (Å²) < 4.78 is 5.38. The zero-order valence-corrected chi connectivity index (χ0v) is 10.8. The highest BCUT2D eigenvalue weighted by Gasteiger charge is 2.12. The van der Waals surface area contributed by atoms with E-state index in [0.29, 0.717) is 25.4 Å². The Labute approximate surface area is 116 Å². The minimum absolute atomic E-state index is 0.226. The normalized spacial score (nSPS) is 13.0. The molecule has 2 heterocycles. The molecule has 0 saturated carbocycles. The number of pyridine rings is 1. The summed E-state index contributed by atoms with van der Waals surface area (Å²) in [5.41, 5.74) is 4.27. The smallest absolute Gasteiger partial charge is 0.337 e. The summed E-state index contributed by atoms with van der Waals surface area (Å²) in [4.78, 5) is 15.1. The molecule has 0 amide bonds. The topological polar surface area (TPSA) is 71.5 Å². The number of benzene rings is 1. The minimum Gasteiger partial charge on any atom is -0.478 e. The van der Waals surface area contributed by atoms with Crippen LogP contribution in [0, 0.1) is 0 Å². The van der Waals surface area contributed by atoms with E-state index in [-0.39, 0.29) is 5.56 Å². The number of carboxylic acid groups (broad SMARTS) is 1. The van der Waals surface area contributed by atoms with Crippen molar-refractivity contribution < 1.29 is 14.6 Å². The number of aromatic carboxylic acids is 1. The molecular formula is C15H14N2O3. The molecule has 0 atom stereocenters. The van der Waals surface area contributed by atoms with Gasteiger partial charge in [0.05, 0.1) is 30.7 Å². The number of carbonyl (C=O) groups is 1. The molecule has 102 valence electrons. The van der Waals surface area contributed by atoms with Crippen LogP contribution in [0.2, 0.25) is 0 Å². The second-order valence-corrected chi connectivity index (χ2v) is 4.68. The highest BCUT2D eigenvalue weighted by atomic mass is 16.5. The third-order valence-electron chi connectivity index (χ3n) is 3.32. The van der Waals surface area contributed by atoms with Crippen LogP contribution in [0.3, 0.4) is 0 Å². The molecule has 2 N–H and O–H groups in total. The summed E-state index contributed by atoms with van der Waals surface area (Å²) in [5, 5.41) is 12.2. The van der Waals surface area contributed by atoms with Gasteiger partial charge in [0.1, 0.15) is 0 Å². The van der Waals surface area contributed by atoms with E-state index < -0.39 is 5.97 Å². The van der Waals surface area contributed by atoms with Crippen molar-refractivity contribution in [2.24, 2.45) is 0 Å². The van der Waals surface area contributed by atoms with E-state index in [1.54, 1.807) is 0 Å². The van der Waals surface area contributed by atoms with Gasteiger partial charge in [0.2, 0.25) is 0 Å². The highest BCUT2D eigenvalue weighted by Crippen LogP contribution is 2.22. The van der Waals surface area contributed by atoms with E-state index in [4.69, 9.17) is 9.84 Å². The number of rotatable bonds is 4. The standard InChI is InChI=1S/C15H14N2O3/c18-15(19)13-3-4-16-7-14(13)17-6-10-1-2-11-8-20-9-12(11)5-10/h1-5,7,17H,6,8-9H2,(H,18,19). The van der Waals surface area contributed by atoms with Gasteiger partial charge in [-0.15, -0.1) is 0 Å². The van der Waals surface area contributed by atoms with Crippen LogP contribution >= 0.6 is 0 Å². The highest BCUT2D eigenvalue weighted by molar-refractivity contribution is 5.93. The van der Waals surface area contributed by atoms with Crippen molar-refractivity contribution in [3.05, 3.63) is 58.9 Å². The molecule has 5 nitrogen and oxygen atoms in total. The van der Waals surface area contributed by atoms with E-state index >= 15 is 0 Å². The first kappa shape index (κ1) is 12.6. The first-order valence-electron chi connectivity index (χ1n) is 6.33. The average Bonchev–Trinajstić information content (AvgIpc) is 2.92. The molecule has 5 heteroatoms. The molecule has 1 aliphatic heterocycles. The number of nitrogens with zero attached hydrogens (tertiary/aromatic N) is 1. The predicted octanol–water partition coefficient (Wildman–Crippen LogP) is 2.42. The van der Waals surface area contributed by atoms with Gasteiger partial charge in [-0.25, -0.2) is 4.79 Å². The molecule has 0 radical (unpaired) electrons. The molecular weight excluding hydrogens is 256 g/mol. The van der Waals surface area contributed by atoms with E-state index in [9.17, 15) is 4.79 Å². The molecule has 3 rings (SSSR count). The molecule has 0 saturated heterocycles. The van der Waals surface area contributed by atoms with Crippen LogP contribution in [0.25, 0.3) is 0 Å². The van der Waals surface area contributed by atoms with Gasteiger partial charge in [0, 0.05) is 12.7 Å². The lowest BCUT2D eigenvalue weighted by atomic mass is 10.1. The van der Waals surface area contributed by atoms with Gasteiger partial charge in [-0.3, -0.25) is 4.98 Å². The van der Waals surface area contributed by atoms with Crippen LogP contribution in [0.5, 0.6) is 0 Å². The zero-order valence-electron chi connectivity index (χ0n) is 10.8. The van der Waals surface area contributed by atoms with Crippen molar-refractivity contribution in [2.45, 2.75) is 19.8 Å². The van der Waals surface area contributed by atoms with Gasteiger partial charge >= 0.3 is 5.97 Å². The fraction of sp³-hybridized carbons (Fsp3) is 0.200. The number of anilines is 1. The van der Waals surface area contributed by atoms with Crippen molar-refractivity contribution in [1.29, 1.82) is 0 Å². The molecule has 1 aromatic heterocycles. The molecule has 0 spiro atoms. The maximum absolute atomic E-state index is 11.1. The Hall–Kier alpha value is -2.40. The van der Waals surface area contributed by atoms with Gasteiger partial charge in [0.15, 0.2) is 0 Å². The Morgan fingerprint density at radius 2 is 2.15 bits per heavy atom. The number of hydrogen-bond acceptors (Lipinski definition) is 4. The third kappa shape index (κ3) is 2.48. The summed E-state index contributed by atoms with van der Waals surface area (Å²) in [6.45, 7) is 1.88. The Morgan fingerprint density at radius 3 is 3.00 bits per heavy atom. The number of nitrogens with one attached hydrogen (secondary N) is 1. The van der Waals surface area contributed by atoms with Crippen molar-refractivity contribution in [3.63, 3.8) is 0 Å². The van der Waals surface area contributed by atoms with Gasteiger partial charge in [-0.2, -0.15) is 0 Å². The molecule has 0 aliphatic carbocycles. The van der Waals surface area contributed by atoms with E-state index in [1.807, 2.05) is 6.07 Å². The Kier molecular flexibility index (Phi) is 3.35. The van der Waals surface area contributed by atoms with E-state index in [0.717, 1.165) is 5.56 Å². The van der Waals surface area contributed by atoms with Gasteiger partial charge in [-0.1, -0.05) is 18.2 Å². The van der Waals surface area contributed by atoms with E-state index in [1.165, 1.54) is 29.6 Å². The number of aromatic nitrogens is 1. The van der Waals surface area contributed by atoms with Crippen LogP contribution < -0.4 is 5.32 Å².